The molecule has 2 fully saturated rings. The van der Waals surface area contributed by atoms with E-state index in [9.17, 15) is 14.4 Å². The molecule has 2 aliphatic rings. The minimum Gasteiger partial charge on any atom is -0.492 e. The predicted octanol–water partition coefficient (Wildman–Crippen LogP) is 5.54. The number of nitrogens with zero attached hydrogens (tertiary/aromatic N) is 3. The van der Waals surface area contributed by atoms with Gasteiger partial charge in [-0.1, -0.05) is 42.2 Å². The van der Waals surface area contributed by atoms with Crippen molar-refractivity contribution >= 4 is 68.8 Å². The smallest absolute Gasteiger partial charge is 0.335 e. The van der Waals surface area contributed by atoms with E-state index in [0.29, 0.717) is 40.5 Å². The maximum Gasteiger partial charge on any atom is 0.335 e. The maximum atomic E-state index is 13.5. The molecule has 240 valence electrons. The quantitative estimate of drug-likeness (QED) is 0.156. The lowest BCUT2D eigenvalue weighted by atomic mass is 10.0. The number of aromatic carboxylic acids is 1. The number of thiocarbonyl (C=S) groups is 1. The molecule has 2 N–H and O–H groups in total. The molecule has 10 nitrogen and oxygen atoms in total. The molecule has 0 unspecified atom stereocenters. The first-order valence-electron chi connectivity index (χ1n) is 15.1. The fourth-order valence-electron chi connectivity index (χ4n) is 5.30. The summed E-state index contributed by atoms with van der Waals surface area (Å²) in [6, 6.07) is 21.9. The van der Waals surface area contributed by atoms with Crippen LogP contribution in [0.4, 0.5) is 5.69 Å². The Labute approximate surface area is 281 Å². The van der Waals surface area contributed by atoms with Crippen molar-refractivity contribution in [1.82, 2.24) is 14.8 Å². The molecule has 0 radical (unpaired) electrons. The summed E-state index contributed by atoms with van der Waals surface area (Å²) in [5.74, 6) is -0.988. The van der Waals surface area contributed by atoms with E-state index in [2.05, 4.69) is 21.3 Å². The SMILES string of the molecule is O=C(CCN1C(=O)C(=Cc2cc(-c3ccc4ncccc4c3)ccc2OCCN2CCOCC2)SC1=S)Nc1ccc(C(=O)O)cc1. The number of fused-ring (bicyclic) bond motifs is 1. The van der Waals surface area contributed by atoms with E-state index in [1.54, 1.807) is 12.3 Å². The molecular weight excluding hydrogens is 637 g/mol. The third-order valence-electron chi connectivity index (χ3n) is 7.85. The normalized spacial score (nSPS) is 16.2. The van der Waals surface area contributed by atoms with Gasteiger partial charge in [-0.25, -0.2) is 4.79 Å². The van der Waals surface area contributed by atoms with Crippen LogP contribution in [0.3, 0.4) is 0 Å². The summed E-state index contributed by atoms with van der Waals surface area (Å²) in [7, 11) is 0. The van der Waals surface area contributed by atoms with Crippen LogP contribution in [0.25, 0.3) is 28.1 Å². The molecule has 2 amide bonds. The average molecular weight is 669 g/mol. The number of ether oxygens (including phenoxy) is 2. The monoisotopic (exact) mass is 668 g/mol. The van der Waals surface area contributed by atoms with Crippen molar-refractivity contribution in [3.63, 3.8) is 0 Å². The van der Waals surface area contributed by atoms with Gasteiger partial charge in [0.2, 0.25) is 5.91 Å². The summed E-state index contributed by atoms with van der Waals surface area (Å²) in [6.07, 6.45) is 3.59. The van der Waals surface area contributed by atoms with E-state index in [-0.39, 0.29) is 30.3 Å². The van der Waals surface area contributed by atoms with Gasteiger partial charge in [-0.05, 0) is 71.8 Å². The molecule has 3 heterocycles. The number of aromatic nitrogens is 1. The van der Waals surface area contributed by atoms with Crippen molar-refractivity contribution < 1.29 is 29.0 Å². The number of morpholine rings is 1. The number of nitrogens with one attached hydrogen (secondary N) is 1. The molecule has 0 aliphatic carbocycles. The predicted molar refractivity (Wildman–Crippen MR) is 186 cm³/mol. The van der Waals surface area contributed by atoms with Gasteiger partial charge in [-0.15, -0.1) is 0 Å². The molecule has 2 saturated heterocycles. The first kappa shape index (κ1) is 32.3. The number of carbonyl (C=O) groups is 3. The number of benzene rings is 3. The van der Waals surface area contributed by atoms with Crippen molar-refractivity contribution in [3.05, 3.63) is 95.0 Å². The van der Waals surface area contributed by atoms with E-state index in [4.69, 9.17) is 26.8 Å². The number of rotatable bonds is 11. The van der Waals surface area contributed by atoms with E-state index in [1.165, 1.54) is 40.9 Å². The summed E-state index contributed by atoms with van der Waals surface area (Å²) in [5, 5.41) is 12.8. The highest BCUT2D eigenvalue weighted by Gasteiger charge is 2.32. The largest absolute Gasteiger partial charge is 0.492 e. The molecule has 0 saturated carbocycles. The number of carbonyl (C=O) groups excluding carboxylic acids is 2. The lowest BCUT2D eigenvalue weighted by Gasteiger charge is -2.26. The molecule has 6 rings (SSSR count). The summed E-state index contributed by atoms with van der Waals surface area (Å²) in [5.41, 5.74) is 4.22. The van der Waals surface area contributed by atoms with Crippen molar-refractivity contribution in [1.29, 1.82) is 0 Å². The molecule has 0 atom stereocenters. The Hall–Kier alpha value is -4.62. The van der Waals surface area contributed by atoms with Crippen LogP contribution >= 0.6 is 24.0 Å². The minimum atomic E-state index is -1.05. The van der Waals surface area contributed by atoms with Gasteiger partial charge in [-0.3, -0.25) is 24.4 Å². The first-order chi connectivity index (χ1) is 22.8. The highest BCUT2D eigenvalue weighted by atomic mass is 32.2. The van der Waals surface area contributed by atoms with Crippen LogP contribution in [0.5, 0.6) is 5.75 Å². The molecule has 12 heteroatoms. The summed E-state index contributed by atoms with van der Waals surface area (Å²) < 4.78 is 12.1. The van der Waals surface area contributed by atoms with Gasteiger partial charge in [0.05, 0.1) is 29.2 Å². The van der Waals surface area contributed by atoms with Crippen molar-refractivity contribution in [2.24, 2.45) is 0 Å². The topological polar surface area (TPSA) is 121 Å². The summed E-state index contributed by atoms with van der Waals surface area (Å²) >= 11 is 6.73. The molecule has 0 spiro atoms. The van der Waals surface area contributed by atoms with Gasteiger partial charge in [-0.2, -0.15) is 0 Å². The van der Waals surface area contributed by atoms with Gasteiger partial charge in [0.1, 0.15) is 16.7 Å². The summed E-state index contributed by atoms with van der Waals surface area (Å²) in [4.78, 5) is 45.8. The molecule has 2 aliphatic heterocycles. The van der Waals surface area contributed by atoms with Crippen molar-refractivity contribution in [2.75, 3.05) is 51.3 Å². The van der Waals surface area contributed by atoms with Gasteiger partial charge < -0.3 is 19.9 Å². The van der Waals surface area contributed by atoms with Crippen LogP contribution in [0.15, 0.2) is 83.9 Å². The van der Waals surface area contributed by atoms with E-state index >= 15 is 0 Å². The number of pyridine rings is 1. The van der Waals surface area contributed by atoms with Gasteiger partial charge in [0.25, 0.3) is 5.91 Å². The molecule has 4 aromatic rings. The number of carboxylic acid groups (broad SMARTS) is 1. The van der Waals surface area contributed by atoms with Gasteiger partial charge in [0.15, 0.2) is 0 Å². The lowest BCUT2D eigenvalue weighted by molar-refractivity contribution is -0.122. The Morgan fingerprint density at radius 1 is 1.02 bits per heavy atom. The van der Waals surface area contributed by atoms with Crippen LogP contribution < -0.4 is 10.1 Å². The molecule has 3 aromatic carbocycles. The molecule has 47 heavy (non-hydrogen) atoms. The second kappa shape index (κ2) is 14.9. The van der Waals surface area contributed by atoms with Crippen molar-refractivity contribution in [2.45, 2.75) is 6.42 Å². The Kier molecular flexibility index (Phi) is 10.2. The second-order valence-corrected chi connectivity index (χ2v) is 12.7. The standard InChI is InChI=1S/C35H32N4O6S2/c40-32(37-28-7-3-23(4-8-28)34(42)43)11-13-39-33(41)31(47-35(39)46)22-27-21-25(24-5-9-29-26(20-24)2-1-12-36-29)6-10-30(27)45-19-16-38-14-17-44-18-15-38/h1-10,12,20-22H,11,13-19H2,(H,37,40)(H,42,43). The molecule has 1 aromatic heterocycles. The number of hydrogen-bond donors (Lipinski definition) is 2. The van der Waals surface area contributed by atoms with Crippen LogP contribution in [-0.4, -0.2) is 88.0 Å². The second-order valence-electron chi connectivity index (χ2n) is 11.0. The summed E-state index contributed by atoms with van der Waals surface area (Å²) in [6.45, 7) is 4.50. The number of hydrogen-bond acceptors (Lipinski definition) is 9. The van der Waals surface area contributed by atoms with E-state index < -0.39 is 5.97 Å². The third kappa shape index (κ3) is 8.03. The Bertz CT molecular complexity index is 1860. The minimum absolute atomic E-state index is 0.0165. The first-order valence-corrected chi connectivity index (χ1v) is 16.4. The number of carboxylic acids is 1. The number of anilines is 1. The molecular formula is C35H32N4O6S2. The zero-order valence-corrected chi connectivity index (χ0v) is 27.0. The van der Waals surface area contributed by atoms with Crippen LogP contribution in [0.2, 0.25) is 0 Å². The number of thioether (sulfide) groups is 1. The van der Waals surface area contributed by atoms with E-state index in [0.717, 1.165) is 47.2 Å². The van der Waals surface area contributed by atoms with Crippen LogP contribution in [0.1, 0.15) is 22.3 Å². The zero-order chi connectivity index (χ0) is 32.8. The fourth-order valence-corrected chi connectivity index (χ4v) is 6.60. The van der Waals surface area contributed by atoms with Crippen LogP contribution in [-0.2, 0) is 14.3 Å². The number of amides is 2. The zero-order valence-electron chi connectivity index (χ0n) is 25.4. The highest BCUT2D eigenvalue weighted by molar-refractivity contribution is 8.26. The molecule has 0 bridgehead atoms. The van der Waals surface area contributed by atoms with Crippen molar-refractivity contribution in [3.8, 4) is 16.9 Å². The Morgan fingerprint density at radius 2 is 1.79 bits per heavy atom. The Morgan fingerprint density at radius 3 is 2.57 bits per heavy atom. The van der Waals surface area contributed by atoms with Gasteiger partial charge >= 0.3 is 5.97 Å². The highest BCUT2D eigenvalue weighted by Crippen LogP contribution is 2.36. The van der Waals surface area contributed by atoms with Gasteiger partial charge in [0, 0.05) is 55.4 Å². The lowest BCUT2D eigenvalue weighted by Crippen LogP contribution is -2.38. The van der Waals surface area contributed by atoms with Crippen LogP contribution in [0, 0.1) is 0 Å². The fraction of sp³-hybridized carbons (Fsp3) is 0.229. The van der Waals surface area contributed by atoms with E-state index in [1.807, 2.05) is 42.5 Å². The third-order valence-corrected chi connectivity index (χ3v) is 9.23. The Balaban J connectivity index is 1.18. The maximum absolute atomic E-state index is 13.5. The average Bonchev–Trinajstić information content (AvgIpc) is 3.35.